The van der Waals surface area contributed by atoms with E-state index in [1.165, 1.54) is 24.0 Å². The minimum absolute atomic E-state index is 0.580. The van der Waals surface area contributed by atoms with Crippen molar-refractivity contribution in [1.82, 2.24) is 4.98 Å². The number of hydrogen-bond acceptors (Lipinski definition) is 3. The van der Waals surface area contributed by atoms with E-state index in [-0.39, 0.29) is 0 Å². The highest BCUT2D eigenvalue weighted by atomic mass is 15.2. The summed E-state index contributed by atoms with van der Waals surface area (Å²) in [6, 6.07) is 2.74. The summed E-state index contributed by atoms with van der Waals surface area (Å²) < 4.78 is 0. The van der Waals surface area contributed by atoms with Crippen LogP contribution in [0.25, 0.3) is 0 Å². The van der Waals surface area contributed by atoms with Gasteiger partial charge in [0.2, 0.25) is 0 Å². The molecule has 1 fully saturated rings. The van der Waals surface area contributed by atoms with Crippen LogP contribution in [-0.2, 0) is 6.54 Å². The highest BCUT2D eigenvalue weighted by Gasteiger charge is 2.31. The maximum absolute atomic E-state index is 5.87. The molecular formula is C14H23N3. The molecule has 0 aromatic carbocycles. The van der Waals surface area contributed by atoms with Gasteiger partial charge < -0.3 is 10.6 Å². The second-order valence-corrected chi connectivity index (χ2v) is 5.41. The van der Waals surface area contributed by atoms with E-state index in [1.807, 2.05) is 12.3 Å². The Labute approximate surface area is 104 Å². The van der Waals surface area contributed by atoms with Crippen LogP contribution in [0.2, 0.25) is 0 Å². The zero-order valence-corrected chi connectivity index (χ0v) is 11.1. The molecule has 3 nitrogen and oxygen atoms in total. The Balaban J connectivity index is 2.31. The lowest BCUT2D eigenvalue weighted by atomic mass is 10.1. The van der Waals surface area contributed by atoms with E-state index in [4.69, 9.17) is 5.73 Å². The van der Waals surface area contributed by atoms with Crippen LogP contribution >= 0.6 is 0 Å². The molecule has 1 aliphatic carbocycles. The normalized spacial score (nSPS) is 15.4. The van der Waals surface area contributed by atoms with E-state index in [1.54, 1.807) is 0 Å². The minimum Gasteiger partial charge on any atom is -0.353 e. The molecule has 0 atom stereocenters. The first-order chi connectivity index (χ1) is 8.13. The van der Waals surface area contributed by atoms with Gasteiger partial charge in [0.25, 0.3) is 0 Å². The highest BCUT2D eigenvalue weighted by Crippen LogP contribution is 2.33. The van der Waals surface area contributed by atoms with Crippen molar-refractivity contribution in [2.24, 2.45) is 11.7 Å². The van der Waals surface area contributed by atoms with Crippen molar-refractivity contribution in [3.8, 4) is 0 Å². The lowest BCUT2D eigenvalue weighted by molar-refractivity contribution is 0.600. The third-order valence-corrected chi connectivity index (χ3v) is 3.29. The van der Waals surface area contributed by atoms with Crippen LogP contribution in [0.15, 0.2) is 12.3 Å². The molecule has 0 amide bonds. The molecular weight excluding hydrogens is 210 g/mol. The van der Waals surface area contributed by atoms with Crippen LogP contribution in [0.4, 0.5) is 5.82 Å². The van der Waals surface area contributed by atoms with Crippen molar-refractivity contribution in [2.45, 2.75) is 46.2 Å². The van der Waals surface area contributed by atoms with Gasteiger partial charge in [-0.25, -0.2) is 4.98 Å². The summed E-state index contributed by atoms with van der Waals surface area (Å²) in [5.41, 5.74) is 8.34. The van der Waals surface area contributed by atoms with Gasteiger partial charge in [-0.05, 0) is 37.3 Å². The predicted molar refractivity (Wildman–Crippen MR) is 72.1 cm³/mol. The van der Waals surface area contributed by atoms with Crippen LogP contribution in [0.3, 0.4) is 0 Å². The first-order valence-electron chi connectivity index (χ1n) is 6.54. The average Bonchev–Trinajstić information content (AvgIpc) is 3.09. The van der Waals surface area contributed by atoms with Crippen molar-refractivity contribution in [2.75, 3.05) is 11.4 Å². The van der Waals surface area contributed by atoms with E-state index in [0.717, 1.165) is 12.4 Å². The fraction of sp³-hybridized carbons (Fsp3) is 0.643. The predicted octanol–water partition coefficient (Wildman–Crippen LogP) is 2.47. The van der Waals surface area contributed by atoms with Crippen molar-refractivity contribution >= 4 is 5.82 Å². The van der Waals surface area contributed by atoms with Gasteiger partial charge in [-0.1, -0.05) is 13.8 Å². The Kier molecular flexibility index (Phi) is 3.67. The molecule has 1 aromatic heterocycles. The van der Waals surface area contributed by atoms with Gasteiger partial charge in [0, 0.05) is 30.9 Å². The van der Waals surface area contributed by atoms with Gasteiger partial charge in [0.1, 0.15) is 5.82 Å². The molecule has 1 aliphatic rings. The molecule has 94 valence electrons. The molecule has 1 aromatic rings. The Morgan fingerprint density at radius 2 is 2.18 bits per heavy atom. The Hall–Kier alpha value is -1.09. The summed E-state index contributed by atoms with van der Waals surface area (Å²) in [5.74, 6) is 1.77. The van der Waals surface area contributed by atoms with Crippen molar-refractivity contribution in [1.29, 1.82) is 0 Å². The fourth-order valence-corrected chi connectivity index (χ4v) is 2.26. The molecule has 2 rings (SSSR count). The third-order valence-electron chi connectivity index (χ3n) is 3.29. The number of nitrogens with zero attached hydrogens (tertiary/aromatic N) is 2. The monoisotopic (exact) mass is 233 g/mol. The first-order valence-corrected chi connectivity index (χ1v) is 6.54. The third kappa shape index (κ3) is 2.78. The summed E-state index contributed by atoms with van der Waals surface area (Å²) in [7, 11) is 0. The van der Waals surface area contributed by atoms with E-state index in [2.05, 4.69) is 30.7 Å². The highest BCUT2D eigenvalue weighted by molar-refractivity contribution is 5.52. The number of anilines is 1. The number of hydrogen-bond donors (Lipinski definition) is 1. The molecule has 0 aliphatic heterocycles. The van der Waals surface area contributed by atoms with Gasteiger partial charge in [-0.15, -0.1) is 0 Å². The van der Waals surface area contributed by atoms with Gasteiger partial charge in [-0.3, -0.25) is 0 Å². The molecule has 1 saturated carbocycles. The summed E-state index contributed by atoms with van der Waals surface area (Å²) in [4.78, 5) is 7.03. The lowest BCUT2D eigenvalue weighted by Crippen LogP contribution is -2.32. The number of aromatic nitrogens is 1. The standard InChI is InChI=1S/C14H23N3/c1-10(2)9-17(12-4-5-12)14-13(8-15)11(3)6-7-16-14/h6-7,10,12H,4-5,8-9,15H2,1-3H3. The quantitative estimate of drug-likeness (QED) is 0.849. The molecule has 17 heavy (non-hydrogen) atoms. The van der Waals surface area contributed by atoms with Gasteiger partial charge in [0.15, 0.2) is 0 Å². The van der Waals surface area contributed by atoms with Crippen molar-refractivity contribution in [3.05, 3.63) is 23.4 Å². The van der Waals surface area contributed by atoms with E-state index in [0.29, 0.717) is 18.5 Å². The second kappa shape index (κ2) is 5.05. The number of aryl methyl sites for hydroxylation is 1. The minimum atomic E-state index is 0.580. The Bertz CT molecular complexity index is 383. The molecule has 0 radical (unpaired) electrons. The van der Waals surface area contributed by atoms with Crippen LogP contribution in [0.1, 0.15) is 37.8 Å². The van der Waals surface area contributed by atoms with Crippen molar-refractivity contribution in [3.63, 3.8) is 0 Å². The number of nitrogens with two attached hydrogens (primary N) is 1. The zero-order valence-electron chi connectivity index (χ0n) is 11.1. The number of pyridine rings is 1. The molecule has 1 heterocycles. The summed E-state index contributed by atoms with van der Waals surface area (Å²) >= 11 is 0. The maximum atomic E-state index is 5.87. The molecule has 2 N–H and O–H groups in total. The largest absolute Gasteiger partial charge is 0.353 e. The Morgan fingerprint density at radius 3 is 2.71 bits per heavy atom. The Morgan fingerprint density at radius 1 is 1.47 bits per heavy atom. The van der Waals surface area contributed by atoms with E-state index >= 15 is 0 Å². The summed E-state index contributed by atoms with van der Waals surface area (Å²) in [6.07, 6.45) is 4.50. The second-order valence-electron chi connectivity index (χ2n) is 5.41. The first kappa shape index (κ1) is 12.4. The van der Waals surface area contributed by atoms with Crippen LogP contribution in [0, 0.1) is 12.8 Å². The topological polar surface area (TPSA) is 42.2 Å². The number of rotatable bonds is 5. The summed E-state index contributed by atoms with van der Waals surface area (Å²) in [6.45, 7) is 8.29. The van der Waals surface area contributed by atoms with Crippen LogP contribution < -0.4 is 10.6 Å². The summed E-state index contributed by atoms with van der Waals surface area (Å²) in [5, 5.41) is 0. The van der Waals surface area contributed by atoms with E-state index in [9.17, 15) is 0 Å². The molecule has 0 unspecified atom stereocenters. The maximum Gasteiger partial charge on any atom is 0.133 e. The zero-order chi connectivity index (χ0) is 12.4. The molecule has 0 saturated heterocycles. The molecule has 0 spiro atoms. The van der Waals surface area contributed by atoms with Crippen molar-refractivity contribution < 1.29 is 0 Å². The molecule has 3 heteroatoms. The van der Waals surface area contributed by atoms with Crippen LogP contribution in [0.5, 0.6) is 0 Å². The van der Waals surface area contributed by atoms with Gasteiger partial charge >= 0.3 is 0 Å². The molecule has 0 bridgehead atoms. The SMILES string of the molecule is Cc1ccnc(N(CC(C)C)C2CC2)c1CN. The van der Waals surface area contributed by atoms with Gasteiger partial charge in [-0.2, -0.15) is 0 Å². The van der Waals surface area contributed by atoms with E-state index < -0.39 is 0 Å². The lowest BCUT2D eigenvalue weighted by Gasteiger charge is -2.28. The smallest absolute Gasteiger partial charge is 0.133 e. The average molecular weight is 233 g/mol. The van der Waals surface area contributed by atoms with Gasteiger partial charge in [0.05, 0.1) is 0 Å². The van der Waals surface area contributed by atoms with Crippen LogP contribution in [-0.4, -0.2) is 17.6 Å². The fourth-order valence-electron chi connectivity index (χ4n) is 2.26.